The monoisotopic (exact) mass is 460 g/mol. The van der Waals surface area contributed by atoms with Crippen LogP contribution < -0.4 is 9.47 Å². The Bertz CT molecular complexity index is 1150. The van der Waals surface area contributed by atoms with Crippen molar-refractivity contribution in [2.45, 2.75) is 20.1 Å². The lowest BCUT2D eigenvalue weighted by Crippen LogP contribution is -2.47. The zero-order chi connectivity index (χ0) is 23.9. The van der Waals surface area contributed by atoms with Crippen molar-refractivity contribution in [3.8, 4) is 11.5 Å². The normalized spacial score (nSPS) is 14.5. The Morgan fingerprint density at radius 3 is 2.59 bits per heavy atom. The lowest BCUT2D eigenvalue weighted by Gasteiger charge is -2.34. The summed E-state index contributed by atoms with van der Waals surface area (Å²) >= 11 is 0. The van der Waals surface area contributed by atoms with E-state index in [1.54, 1.807) is 13.2 Å². The molecular formula is C27H32N4O3. The van der Waals surface area contributed by atoms with E-state index in [1.165, 1.54) is 5.56 Å². The van der Waals surface area contributed by atoms with Crippen molar-refractivity contribution in [3.05, 3.63) is 83.2 Å². The number of carbonyl (C=O) groups excluding carboxylic acids is 1. The molecule has 0 saturated carbocycles. The second kappa shape index (κ2) is 11.0. The first-order valence-corrected chi connectivity index (χ1v) is 11.5. The Labute approximate surface area is 201 Å². The molecule has 7 nitrogen and oxygen atoms in total. The molecule has 2 heterocycles. The molecule has 1 amide bonds. The summed E-state index contributed by atoms with van der Waals surface area (Å²) in [6.07, 6.45) is 7.45. The Hall–Kier alpha value is -3.58. The van der Waals surface area contributed by atoms with Gasteiger partial charge in [0.25, 0.3) is 0 Å². The highest BCUT2D eigenvalue weighted by Gasteiger charge is 2.20. The number of nitrogens with zero attached hydrogens (tertiary/aromatic N) is 4. The van der Waals surface area contributed by atoms with Crippen LogP contribution >= 0.6 is 0 Å². The van der Waals surface area contributed by atoms with Crippen molar-refractivity contribution in [3.63, 3.8) is 0 Å². The molecule has 3 aromatic rings. The second-order valence-electron chi connectivity index (χ2n) is 8.58. The van der Waals surface area contributed by atoms with Crippen LogP contribution in [0.5, 0.6) is 11.5 Å². The molecule has 1 aliphatic rings. The van der Waals surface area contributed by atoms with Crippen LogP contribution in [-0.2, 0) is 25.0 Å². The van der Waals surface area contributed by atoms with Crippen molar-refractivity contribution in [1.29, 1.82) is 0 Å². The number of hydrogen-bond acceptors (Lipinski definition) is 5. The molecule has 0 radical (unpaired) electrons. The number of amides is 1. The van der Waals surface area contributed by atoms with E-state index in [4.69, 9.17) is 9.47 Å². The number of aryl methyl sites for hydroxylation is 2. The maximum absolute atomic E-state index is 12.8. The molecule has 178 valence electrons. The van der Waals surface area contributed by atoms with Gasteiger partial charge in [0, 0.05) is 63.2 Å². The molecule has 2 aromatic carbocycles. The fourth-order valence-electron chi connectivity index (χ4n) is 4.10. The quantitative estimate of drug-likeness (QED) is 0.480. The third-order valence-corrected chi connectivity index (χ3v) is 6.05. The lowest BCUT2D eigenvalue weighted by atomic mass is 10.1. The van der Waals surface area contributed by atoms with Crippen molar-refractivity contribution in [2.75, 3.05) is 33.3 Å². The number of methoxy groups -OCH3 is 1. The van der Waals surface area contributed by atoms with E-state index in [0.29, 0.717) is 6.61 Å². The summed E-state index contributed by atoms with van der Waals surface area (Å²) in [7, 11) is 3.58. The molecule has 1 aromatic heterocycles. The average molecular weight is 461 g/mol. The van der Waals surface area contributed by atoms with Gasteiger partial charge < -0.3 is 14.4 Å². The topological polar surface area (TPSA) is 59.8 Å². The largest absolute Gasteiger partial charge is 0.496 e. The molecule has 0 unspecified atom stereocenters. The third-order valence-electron chi connectivity index (χ3n) is 6.05. The maximum Gasteiger partial charge on any atom is 0.246 e. The zero-order valence-electron chi connectivity index (χ0n) is 20.1. The Kier molecular flexibility index (Phi) is 7.65. The highest BCUT2D eigenvalue weighted by molar-refractivity contribution is 5.91. The van der Waals surface area contributed by atoms with E-state index in [-0.39, 0.29) is 5.91 Å². The zero-order valence-corrected chi connectivity index (χ0v) is 20.1. The van der Waals surface area contributed by atoms with Gasteiger partial charge in [-0.1, -0.05) is 24.3 Å². The van der Waals surface area contributed by atoms with Crippen LogP contribution in [0.1, 0.15) is 22.3 Å². The Morgan fingerprint density at radius 1 is 1.09 bits per heavy atom. The summed E-state index contributed by atoms with van der Waals surface area (Å²) in [5.74, 6) is 1.65. The first kappa shape index (κ1) is 23.6. The fourth-order valence-corrected chi connectivity index (χ4v) is 4.10. The van der Waals surface area contributed by atoms with Crippen molar-refractivity contribution >= 4 is 12.0 Å². The number of rotatable bonds is 8. The minimum atomic E-state index is 0.0366. The van der Waals surface area contributed by atoms with Crippen LogP contribution in [0.4, 0.5) is 0 Å². The lowest BCUT2D eigenvalue weighted by molar-refractivity contribution is -0.127. The molecule has 0 aliphatic carbocycles. The van der Waals surface area contributed by atoms with Crippen molar-refractivity contribution in [2.24, 2.45) is 7.05 Å². The standard InChI is InChI=1S/C27H32N4O3/c1-21-6-4-5-7-25(21)34-20-24-16-22(8-10-26(24)33-3)9-11-27(32)31-14-12-30(13-15-31)19-23-17-28-29(2)18-23/h4-11,16-18H,12-15,19-20H2,1-3H3/b11-9+. The summed E-state index contributed by atoms with van der Waals surface area (Å²) in [6, 6.07) is 13.8. The van der Waals surface area contributed by atoms with E-state index in [2.05, 4.69) is 10.00 Å². The highest BCUT2D eigenvalue weighted by Crippen LogP contribution is 2.24. The van der Waals surface area contributed by atoms with Crippen LogP contribution in [0.3, 0.4) is 0 Å². The molecule has 0 bridgehead atoms. The second-order valence-corrected chi connectivity index (χ2v) is 8.58. The molecule has 0 N–H and O–H groups in total. The summed E-state index contributed by atoms with van der Waals surface area (Å²) < 4.78 is 13.3. The molecule has 0 atom stereocenters. The summed E-state index contributed by atoms with van der Waals surface area (Å²) in [4.78, 5) is 17.0. The van der Waals surface area contributed by atoms with Gasteiger partial charge in [0.15, 0.2) is 0 Å². The molecule has 7 heteroatoms. The molecule has 1 saturated heterocycles. The van der Waals surface area contributed by atoms with Crippen molar-refractivity contribution in [1.82, 2.24) is 19.6 Å². The van der Waals surface area contributed by atoms with Crippen LogP contribution in [0.2, 0.25) is 0 Å². The molecule has 1 aliphatic heterocycles. The van der Waals surface area contributed by atoms with Gasteiger partial charge >= 0.3 is 0 Å². The number of carbonyl (C=O) groups is 1. The van der Waals surface area contributed by atoms with Crippen LogP contribution in [-0.4, -0.2) is 58.8 Å². The van der Waals surface area contributed by atoms with Crippen LogP contribution in [0.15, 0.2) is 60.9 Å². The predicted octanol–water partition coefficient (Wildman–Crippen LogP) is 3.67. The predicted molar refractivity (Wildman–Crippen MR) is 133 cm³/mol. The highest BCUT2D eigenvalue weighted by atomic mass is 16.5. The fraction of sp³-hybridized carbons (Fsp3) is 0.333. The van der Waals surface area contributed by atoms with Gasteiger partial charge in [-0.05, 0) is 42.3 Å². The van der Waals surface area contributed by atoms with Crippen molar-refractivity contribution < 1.29 is 14.3 Å². The van der Waals surface area contributed by atoms with Gasteiger partial charge in [0.1, 0.15) is 18.1 Å². The third kappa shape index (κ3) is 6.05. The Balaban J connectivity index is 1.33. The minimum absolute atomic E-state index is 0.0366. The van der Waals surface area contributed by atoms with E-state index >= 15 is 0 Å². The van der Waals surface area contributed by atoms with E-state index < -0.39 is 0 Å². The number of hydrogen-bond donors (Lipinski definition) is 0. The molecule has 34 heavy (non-hydrogen) atoms. The molecular weight excluding hydrogens is 428 g/mol. The van der Waals surface area contributed by atoms with Gasteiger partial charge in [-0.25, -0.2) is 0 Å². The number of para-hydroxylation sites is 1. The molecule has 4 rings (SSSR count). The van der Waals surface area contributed by atoms with E-state index in [9.17, 15) is 4.79 Å². The first-order chi connectivity index (χ1) is 16.5. The maximum atomic E-state index is 12.8. The van der Waals surface area contributed by atoms with Crippen LogP contribution in [0, 0.1) is 6.92 Å². The van der Waals surface area contributed by atoms with Gasteiger partial charge in [-0.15, -0.1) is 0 Å². The smallest absolute Gasteiger partial charge is 0.246 e. The van der Waals surface area contributed by atoms with Gasteiger partial charge in [-0.2, -0.15) is 5.10 Å². The summed E-state index contributed by atoms with van der Waals surface area (Å²) in [5, 5.41) is 4.23. The van der Waals surface area contributed by atoms with Gasteiger partial charge in [-0.3, -0.25) is 14.4 Å². The number of piperazine rings is 1. The molecule has 1 fully saturated rings. The SMILES string of the molecule is COc1ccc(/C=C/C(=O)N2CCN(Cc3cnn(C)c3)CC2)cc1COc1ccccc1C. The number of ether oxygens (including phenoxy) is 2. The minimum Gasteiger partial charge on any atom is -0.496 e. The summed E-state index contributed by atoms with van der Waals surface area (Å²) in [5.41, 5.74) is 4.16. The van der Waals surface area contributed by atoms with Gasteiger partial charge in [0.05, 0.1) is 13.3 Å². The Morgan fingerprint density at radius 2 is 1.88 bits per heavy atom. The molecule has 0 spiro atoms. The van der Waals surface area contributed by atoms with E-state index in [1.807, 2.05) is 84.5 Å². The van der Waals surface area contributed by atoms with Crippen LogP contribution in [0.25, 0.3) is 6.08 Å². The first-order valence-electron chi connectivity index (χ1n) is 11.5. The average Bonchev–Trinajstić information content (AvgIpc) is 3.26. The van der Waals surface area contributed by atoms with E-state index in [0.717, 1.165) is 60.9 Å². The number of aromatic nitrogens is 2. The summed E-state index contributed by atoms with van der Waals surface area (Å²) in [6.45, 7) is 6.45. The number of benzene rings is 2. The van der Waals surface area contributed by atoms with Gasteiger partial charge in [0.2, 0.25) is 5.91 Å².